The Morgan fingerprint density at radius 2 is 2.00 bits per heavy atom. The first-order valence-corrected chi connectivity index (χ1v) is 11.2. The zero-order chi connectivity index (χ0) is 23.6. The van der Waals surface area contributed by atoms with Crippen LogP contribution < -0.4 is 10.9 Å². The van der Waals surface area contributed by atoms with Gasteiger partial charge in [0.15, 0.2) is 6.61 Å². The molecule has 174 valence electrons. The highest BCUT2D eigenvalue weighted by atomic mass is 32.1. The van der Waals surface area contributed by atoms with E-state index in [1.807, 2.05) is 0 Å². The Morgan fingerprint density at radius 3 is 2.79 bits per heavy atom. The molecule has 2 heterocycles. The fourth-order valence-electron chi connectivity index (χ4n) is 3.74. The lowest BCUT2D eigenvalue weighted by Crippen LogP contribution is -2.24. The van der Waals surface area contributed by atoms with Gasteiger partial charge in [-0.1, -0.05) is 6.07 Å². The molecule has 0 aliphatic heterocycles. The number of hydrogen-bond acceptors (Lipinski definition) is 6. The van der Waals surface area contributed by atoms with Crippen LogP contribution >= 0.6 is 11.3 Å². The topological polar surface area (TPSA) is 90.3 Å². The number of hydrogen-bond donors (Lipinski definition) is 1. The second-order valence-corrected chi connectivity index (χ2v) is 8.76. The van der Waals surface area contributed by atoms with Crippen LogP contribution in [0.4, 0.5) is 18.9 Å². The van der Waals surface area contributed by atoms with Gasteiger partial charge in [0, 0.05) is 17.1 Å². The molecule has 0 saturated heterocycles. The Morgan fingerprint density at radius 1 is 1.21 bits per heavy atom. The Hall–Kier alpha value is -3.21. The lowest BCUT2D eigenvalue weighted by atomic mass is 9.97. The third-order valence-electron chi connectivity index (χ3n) is 5.34. The molecule has 1 aliphatic carbocycles. The predicted molar refractivity (Wildman–Crippen MR) is 116 cm³/mol. The minimum Gasteiger partial charge on any atom is -0.456 e. The number of alkyl halides is 3. The number of benzene rings is 1. The van der Waals surface area contributed by atoms with Crippen LogP contribution in [0.1, 0.15) is 35.3 Å². The van der Waals surface area contributed by atoms with Crippen LogP contribution in [0.5, 0.6) is 0 Å². The van der Waals surface area contributed by atoms with Gasteiger partial charge in [-0.3, -0.25) is 19.0 Å². The number of aryl methyl sites for hydroxylation is 3. The number of carbonyl (C=O) groups is 2. The van der Waals surface area contributed by atoms with Gasteiger partial charge >= 0.3 is 12.1 Å². The lowest BCUT2D eigenvalue weighted by molar-refractivity contribution is -0.147. The molecule has 1 aliphatic rings. The molecule has 1 amide bonds. The summed E-state index contributed by atoms with van der Waals surface area (Å²) < 4.78 is 44.5. The molecule has 0 bridgehead atoms. The number of aromatic nitrogens is 2. The van der Waals surface area contributed by atoms with Gasteiger partial charge in [0.2, 0.25) is 0 Å². The van der Waals surface area contributed by atoms with E-state index < -0.39 is 30.2 Å². The van der Waals surface area contributed by atoms with E-state index in [1.54, 1.807) is 0 Å². The smallest absolute Gasteiger partial charge is 0.416 e. The van der Waals surface area contributed by atoms with Crippen LogP contribution in [0.15, 0.2) is 35.4 Å². The number of halogens is 3. The summed E-state index contributed by atoms with van der Waals surface area (Å²) >= 11 is 1.54. The van der Waals surface area contributed by atoms with Crippen LogP contribution in [0.3, 0.4) is 0 Å². The van der Waals surface area contributed by atoms with E-state index in [1.165, 1.54) is 33.2 Å². The maximum atomic E-state index is 12.9. The van der Waals surface area contributed by atoms with E-state index in [0.29, 0.717) is 10.2 Å². The summed E-state index contributed by atoms with van der Waals surface area (Å²) in [6.45, 7) is -0.611. The third-order valence-corrected chi connectivity index (χ3v) is 6.54. The number of carbonyl (C=O) groups excluding carboxylic acids is 2. The second kappa shape index (κ2) is 9.34. The van der Waals surface area contributed by atoms with Gasteiger partial charge in [-0.15, -0.1) is 11.3 Å². The van der Waals surface area contributed by atoms with Crippen molar-refractivity contribution in [2.45, 2.75) is 44.8 Å². The molecule has 0 spiro atoms. The Balaban J connectivity index is 1.32. The van der Waals surface area contributed by atoms with Gasteiger partial charge < -0.3 is 10.1 Å². The largest absolute Gasteiger partial charge is 0.456 e. The molecule has 0 atom stereocenters. The molecule has 4 rings (SSSR count). The molecule has 11 heteroatoms. The van der Waals surface area contributed by atoms with Crippen molar-refractivity contribution in [3.63, 3.8) is 0 Å². The van der Waals surface area contributed by atoms with E-state index in [-0.39, 0.29) is 24.2 Å². The molecule has 1 aromatic carbocycles. The van der Waals surface area contributed by atoms with E-state index in [9.17, 15) is 27.6 Å². The van der Waals surface area contributed by atoms with Crippen LogP contribution in [0, 0.1) is 0 Å². The summed E-state index contributed by atoms with van der Waals surface area (Å²) in [5, 5.41) is 2.88. The summed E-state index contributed by atoms with van der Waals surface area (Å²) in [7, 11) is 0. The maximum absolute atomic E-state index is 12.9. The van der Waals surface area contributed by atoms with E-state index >= 15 is 0 Å². The number of rotatable bonds is 6. The van der Waals surface area contributed by atoms with Crippen LogP contribution in [-0.2, 0) is 39.9 Å². The van der Waals surface area contributed by atoms with Crippen LogP contribution in [-0.4, -0.2) is 28.0 Å². The predicted octanol–water partition coefficient (Wildman–Crippen LogP) is 3.93. The fourth-order valence-corrected chi connectivity index (χ4v) is 4.96. The molecule has 7 nitrogen and oxygen atoms in total. The molecular formula is C22H20F3N3O4S. The normalized spacial score (nSPS) is 13.5. The van der Waals surface area contributed by atoms with Crippen molar-refractivity contribution < 1.29 is 27.5 Å². The van der Waals surface area contributed by atoms with E-state index in [2.05, 4.69) is 10.3 Å². The molecule has 33 heavy (non-hydrogen) atoms. The number of anilines is 1. The molecule has 0 unspecified atom stereocenters. The average molecular weight is 479 g/mol. The van der Waals surface area contributed by atoms with Crippen molar-refractivity contribution in [2.75, 3.05) is 11.9 Å². The van der Waals surface area contributed by atoms with Crippen LogP contribution in [0.2, 0.25) is 0 Å². The van der Waals surface area contributed by atoms with Crippen molar-refractivity contribution in [1.29, 1.82) is 0 Å². The van der Waals surface area contributed by atoms with Crippen molar-refractivity contribution in [3.05, 3.63) is 57.0 Å². The Labute approximate surface area is 190 Å². The number of amides is 1. The van der Waals surface area contributed by atoms with Crippen molar-refractivity contribution in [1.82, 2.24) is 9.55 Å². The van der Waals surface area contributed by atoms with Crippen molar-refractivity contribution in [3.8, 4) is 0 Å². The monoisotopic (exact) mass is 479 g/mol. The van der Waals surface area contributed by atoms with Gasteiger partial charge in [0.1, 0.15) is 4.83 Å². The van der Waals surface area contributed by atoms with Crippen molar-refractivity contribution in [2.24, 2.45) is 0 Å². The van der Waals surface area contributed by atoms with Gasteiger partial charge in [-0.05, 0) is 49.4 Å². The molecule has 0 saturated carbocycles. The summed E-state index contributed by atoms with van der Waals surface area (Å²) in [4.78, 5) is 43.1. The summed E-state index contributed by atoms with van der Waals surface area (Å²) in [5.74, 6) is -1.48. The average Bonchev–Trinajstić information content (AvgIpc) is 3.16. The molecule has 0 fully saturated rings. The lowest BCUT2D eigenvalue weighted by Gasteiger charge is -2.11. The van der Waals surface area contributed by atoms with Gasteiger partial charge in [-0.25, -0.2) is 4.98 Å². The quantitative estimate of drug-likeness (QED) is 0.541. The molecule has 2 aromatic heterocycles. The minimum atomic E-state index is -4.54. The Bertz CT molecular complexity index is 1270. The highest BCUT2D eigenvalue weighted by Gasteiger charge is 2.30. The maximum Gasteiger partial charge on any atom is 0.416 e. The second-order valence-electron chi connectivity index (χ2n) is 7.67. The first-order chi connectivity index (χ1) is 15.7. The zero-order valence-corrected chi connectivity index (χ0v) is 18.2. The fraction of sp³-hybridized carbons (Fsp3) is 0.364. The number of thiophene rings is 1. The minimum absolute atomic E-state index is 0.0421. The SMILES string of the molecule is O=C(COC(=O)CCn1cnc2sc3c(c2c1=O)CCCC3)Nc1cccc(C(F)(F)F)c1. The summed E-state index contributed by atoms with van der Waals surface area (Å²) in [5.41, 5.74) is -0.104. The van der Waals surface area contributed by atoms with E-state index in [0.717, 1.165) is 49.4 Å². The number of nitrogens with zero attached hydrogens (tertiary/aromatic N) is 2. The van der Waals surface area contributed by atoms with Crippen LogP contribution in [0.25, 0.3) is 10.2 Å². The number of nitrogens with one attached hydrogen (secondary N) is 1. The van der Waals surface area contributed by atoms with Gasteiger partial charge in [-0.2, -0.15) is 13.2 Å². The molecular weight excluding hydrogens is 459 g/mol. The number of fused-ring (bicyclic) bond motifs is 3. The Kier molecular flexibility index (Phi) is 6.50. The molecule has 0 radical (unpaired) electrons. The highest BCUT2D eigenvalue weighted by molar-refractivity contribution is 7.18. The van der Waals surface area contributed by atoms with Gasteiger partial charge in [0.05, 0.1) is 23.7 Å². The van der Waals surface area contributed by atoms with Gasteiger partial charge in [0.25, 0.3) is 11.5 Å². The summed E-state index contributed by atoms with van der Waals surface area (Å²) in [6.07, 6.45) is 0.634. The first-order valence-electron chi connectivity index (χ1n) is 10.3. The first kappa shape index (κ1) is 23.0. The molecule has 3 aromatic rings. The molecule has 1 N–H and O–H groups in total. The van der Waals surface area contributed by atoms with Crippen molar-refractivity contribution >= 4 is 39.1 Å². The standard InChI is InChI=1S/C22H20F3N3O4S/c23-22(24,25)13-4-3-5-14(10-13)27-17(29)11-32-18(30)8-9-28-12-26-20-19(21(28)31)15-6-1-2-7-16(15)33-20/h3-5,10,12H,1-2,6-9,11H2,(H,27,29). The zero-order valence-electron chi connectivity index (χ0n) is 17.4. The highest BCUT2D eigenvalue weighted by Crippen LogP contribution is 2.33. The third kappa shape index (κ3) is 5.24. The van der Waals surface area contributed by atoms with E-state index in [4.69, 9.17) is 4.74 Å². The number of ether oxygens (including phenoxy) is 1. The number of esters is 1. The summed E-state index contributed by atoms with van der Waals surface area (Å²) in [6, 6.07) is 4.14.